The Kier molecular flexibility index (Phi) is 3.49. The molecule has 0 amide bonds. The van der Waals surface area contributed by atoms with Gasteiger partial charge in [0.2, 0.25) is 0 Å². The van der Waals surface area contributed by atoms with Gasteiger partial charge in [-0.1, -0.05) is 0 Å². The normalized spacial score (nSPS) is 30.6. The van der Waals surface area contributed by atoms with Crippen LogP contribution in [0.15, 0.2) is 10.7 Å². The lowest BCUT2D eigenvalue weighted by atomic mass is 9.97. The van der Waals surface area contributed by atoms with Crippen LogP contribution in [-0.4, -0.2) is 39.9 Å². The highest BCUT2D eigenvalue weighted by molar-refractivity contribution is 9.10. The Bertz CT molecular complexity index is 481. The summed E-state index contributed by atoms with van der Waals surface area (Å²) < 4.78 is 6.21. The number of rotatable bonds is 4. The molecule has 1 aliphatic carbocycles. The molecule has 1 aromatic rings. The molecule has 6 heteroatoms. The molecule has 19 heavy (non-hydrogen) atoms. The fraction of sp³-hybridized carbons (Fsp3) is 0.692. The third-order valence-electron chi connectivity index (χ3n) is 3.89. The lowest BCUT2D eigenvalue weighted by Gasteiger charge is -2.26. The van der Waals surface area contributed by atoms with Gasteiger partial charge in [-0.3, -0.25) is 0 Å². The van der Waals surface area contributed by atoms with E-state index in [9.17, 15) is 5.11 Å². The minimum Gasteiger partial charge on any atom is -0.385 e. The summed E-state index contributed by atoms with van der Waals surface area (Å²) in [5, 5.41) is 13.6. The van der Waals surface area contributed by atoms with Crippen molar-refractivity contribution in [3.05, 3.63) is 16.5 Å². The second kappa shape index (κ2) is 5.00. The van der Waals surface area contributed by atoms with E-state index >= 15 is 0 Å². The van der Waals surface area contributed by atoms with Crippen molar-refractivity contribution < 1.29 is 9.84 Å². The third-order valence-corrected chi connectivity index (χ3v) is 4.30. The van der Waals surface area contributed by atoms with Crippen LogP contribution in [0.1, 0.15) is 37.9 Å². The smallest absolute Gasteiger partial charge is 0.135 e. The quantitative estimate of drug-likeness (QED) is 0.828. The minimum atomic E-state index is -0.808. The van der Waals surface area contributed by atoms with E-state index in [2.05, 4.69) is 31.2 Å². The predicted molar refractivity (Wildman–Crippen MR) is 75.2 cm³/mol. The van der Waals surface area contributed by atoms with E-state index in [0.29, 0.717) is 25.5 Å². The summed E-state index contributed by atoms with van der Waals surface area (Å²) in [6, 6.07) is 1.84. The van der Waals surface area contributed by atoms with Crippen molar-refractivity contribution in [2.45, 2.75) is 43.8 Å². The Hall–Kier alpha value is -0.720. The van der Waals surface area contributed by atoms with Crippen LogP contribution in [0.2, 0.25) is 0 Å². The molecule has 3 rings (SSSR count). The maximum absolute atomic E-state index is 10.4. The molecule has 0 bridgehead atoms. The van der Waals surface area contributed by atoms with Gasteiger partial charge in [0, 0.05) is 31.6 Å². The summed E-state index contributed by atoms with van der Waals surface area (Å²) in [7, 11) is 0. The first kappa shape index (κ1) is 13.3. The molecule has 2 aliphatic rings. The molecule has 5 nitrogen and oxygen atoms in total. The van der Waals surface area contributed by atoms with Crippen LogP contribution in [0, 0.1) is 0 Å². The molecule has 104 valence electrons. The standard InChI is InChI=1S/C13H18BrN3O2/c1-8-13(18,4-5-19-8)7-15-11-6-10(14)16-12(17-11)9-2-3-9/h6,8-9,18H,2-5,7H2,1H3,(H,15,16,17). The number of ether oxygens (including phenoxy) is 1. The molecule has 1 aromatic heterocycles. The highest BCUT2D eigenvalue weighted by Gasteiger charge is 2.39. The molecule has 2 atom stereocenters. The number of anilines is 1. The predicted octanol–water partition coefficient (Wildman–Crippen LogP) is 2.07. The molecule has 2 unspecified atom stereocenters. The van der Waals surface area contributed by atoms with Gasteiger partial charge in [0.1, 0.15) is 21.8 Å². The van der Waals surface area contributed by atoms with Crippen molar-refractivity contribution in [1.82, 2.24) is 9.97 Å². The second-order valence-corrected chi connectivity index (χ2v) is 6.24. The van der Waals surface area contributed by atoms with Crippen LogP contribution in [0.5, 0.6) is 0 Å². The Labute approximate surface area is 120 Å². The number of nitrogens with zero attached hydrogens (tertiary/aromatic N) is 2. The molecule has 2 N–H and O–H groups in total. The van der Waals surface area contributed by atoms with Crippen LogP contribution < -0.4 is 5.32 Å². The van der Waals surface area contributed by atoms with Gasteiger partial charge in [-0.2, -0.15) is 0 Å². The van der Waals surface area contributed by atoms with Crippen LogP contribution in [0.3, 0.4) is 0 Å². The van der Waals surface area contributed by atoms with Crippen molar-refractivity contribution in [2.24, 2.45) is 0 Å². The zero-order valence-electron chi connectivity index (χ0n) is 10.9. The average molecular weight is 328 g/mol. The van der Waals surface area contributed by atoms with Gasteiger partial charge in [-0.05, 0) is 35.7 Å². The van der Waals surface area contributed by atoms with Gasteiger partial charge in [-0.25, -0.2) is 9.97 Å². The molecule has 0 spiro atoms. The molecule has 2 fully saturated rings. The Morgan fingerprint density at radius 2 is 2.32 bits per heavy atom. The maximum atomic E-state index is 10.4. The number of nitrogens with one attached hydrogen (secondary N) is 1. The lowest BCUT2D eigenvalue weighted by molar-refractivity contribution is -0.0176. The van der Waals surface area contributed by atoms with Crippen molar-refractivity contribution in [2.75, 3.05) is 18.5 Å². The molecule has 2 heterocycles. The Balaban J connectivity index is 1.69. The first-order valence-corrected chi connectivity index (χ1v) is 7.48. The van der Waals surface area contributed by atoms with Gasteiger partial charge in [0.25, 0.3) is 0 Å². The Morgan fingerprint density at radius 3 is 2.95 bits per heavy atom. The third kappa shape index (κ3) is 2.90. The van der Waals surface area contributed by atoms with Crippen molar-refractivity contribution in [3.8, 4) is 0 Å². The van der Waals surface area contributed by atoms with Crippen molar-refractivity contribution in [1.29, 1.82) is 0 Å². The monoisotopic (exact) mass is 327 g/mol. The van der Waals surface area contributed by atoms with Gasteiger partial charge in [-0.15, -0.1) is 0 Å². The second-order valence-electron chi connectivity index (χ2n) is 5.43. The molecular weight excluding hydrogens is 310 g/mol. The molecular formula is C13H18BrN3O2. The molecule has 0 aromatic carbocycles. The number of hydrogen-bond acceptors (Lipinski definition) is 5. The van der Waals surface area contributed by atoms with Crippen LogP contribution in [0.4, 0.5) is 5.82 Å². The minimum absolute atomic E-state index is 0.145. The largest absolute Gasteiger partial charge is 0.385 e. The summed E-state index contributed by atoms with van der Waals surface area (Å²) in [4.78, 5) is 8.89. The van der Waals surface area contributed by atoms with Gasteiger partial charge >= 0.3 is 0 Å². The van der Waals surface area contributed by atoms with Crippen LogP contribution in [-0.2, 0) is 4.74 Å². The molecule has 1 saturated carbocycles. The summed E-state index contributed by atoms with van der Waals surface area (Å²) in [5.41, 5.74) is -0.808. The van der Waals surface area contributed by atoms with E-state index in [-0.39, 0.29) is 6.10 Å². The SMILES string of the molecule is CC1OCCC1(O)CNc1cc(Br)nc(C2CC2)n1. The van der Waals surface area contributed by atoms with Crippen LogP contribution in [0.25, 0.3) is 0 Å². The highest BCUT2D eigenvalue weighted by atomic mass is 79.9. The molecule has 1 saturated heterocycles. The summed E-state index contributed by atoms with van der Waals surface area (Å²) in [5.74, 6) is 2.16. The summed E-state index contributed by atoms with van der Waals surface area (Å²) in [6.07, 6.45) is 2.85. The fourth-order valence-corrected chi connectivity index (χ4v) is 2.69. The summed E-state index contributed by atoms with van der Waals surface area (Å²) >= 11 is 3.41. The van der Waals surface area contributed by atoms with Gasteiger partial charge < -0.3 is 15.2 Å². The average Bonchev–Trinajstić information content (AvgIpc) is 3.15. The number of aromatic nitrogens is 2. The molecule has 1 aliphatic heterocycles. The Morgan fingerprint density at radius 1 is 1.53 bits per heavy atom. The van der Waals surface area contributed by atoms with Crippen molar-refractivity contribution >= 4 is 21.7 Å². The maximum Gasteiger partial charge on any atom is 0.135 e. The highest BCUT2D eigenvalue weighted by Crippen LogP contribution is 2.38. The van der Waals surface area contributed by atoms with Crippen LogP contribution >= 0.6 is 15.9 Å². The molecule has 0 radical (unpaired) electrons. The van der Waals surface area contributed by atoms with E-state index in [1.165, 1.54) is 12.8 Å². The first-order chi connectivity index (χ1) is 9.07. The first-order valence-electron chi connectivity index (χ1n) is 6.69. The van der Waals surface area contributed by atoms with E-state index in [4.69, 9.17) is 4.74 Å². The van der Waals surface area contributed by atoms with E-state index in [0.717, 1.165) is 16.2 Å². The topological polar surface area (TPSA) is 67.3 Å². The van der Waals surface area contributed by atoms with Gasteiger partial charge in [0.15, 0.2) is 0 Å². The van der Waals surface area contributed by atoms with Crippen molar-refractivity contribution in [3.63, 3.8) is 0 Å². The number of hydrogen-bond donors (Lipinski definition) is 2. The van der Waals surface area contributed by atoms with Gasteiger partial charge in [0.05, 0.1) is 6.10 Å². The fourth-order valence-electron chi connectivity index (χ4n) is 2.30. The lowest BCUT2D eigenvalue weighted by Crippen LogP contribution is -2.43. The van der Waals surface area contributed by atoms with E-state index in [1.54, 1.807) is 0 Å². The van der Waals surface area contributed by atoms with E-state index in [1.807, 2.05) is 13.0 Å². The zero-order chi connectivity index (χ0) is 13.5. The number of halogens is 1. The summed E-state index contributed by atoms with van der Waals surface area (Å²) in [6.45, 7) is 2.96. The van der Waals surface area contributed by atoms with E-state index < -0.39 is 5.60 Å². The zero-order valence-corrected chi connectivity index (χ0v) is 12.5. The number of aliphatic hydroxyl groups is 1.